The summed E-state index contributed by atoms with van der Waals surface area (Å²) in [5.41, 5.74) is 5.35. The Bertz CT molecular complexity index is 416. The van der Waals surface area contributed by atoms with E-state index in [0.29, 0.717) is 39.1 Å². The van der Waals surface area contributed by atoms with Crippen molar-refractivity contribution >= 4 is 33.2 Å². The van der Waals surface area contributed by atoms with Crippen LogP contribution >= 0.6 is 27.3 Å². The van der Waals surface area contributed by atoms with Crippen LogP contribution in [0.4, 0.5) is 0 Å². The fourth-order valence-electron chi connectivity index (χ4n) is 2.09. The first-order valence-corrected chi connectivity index (χ1v) is 7.63. The van der Waals surface area contributed by atoms with Gasteiger partial charge in [0.25, 0.3) is 0 Å². The van der Waals surface area contributed by atoms with E-state index < -0.39 is 5.41 Å². The summed E-state index contributed by atoms with van der Waals surface area (Å²) in [5.74, 6) is 0.0496. The summed E-state index contributed by atoms with van der Waals surface area (Å²) in [6.45, 7) is 2.17. The van der Waals surface area contributed by atoms with Crippen LogP contribution < -0.4 is 11.1 Å². The summed E-state index contributed by atoms with van der Waals surface area (Å²) in [6, 6.07) is 1.99. The molecule has 1 aliphatic heterocycles. The molecule has 0 spiro atoms. The van der Waals surface area contributed by atoms with Gasteiger partial charge in [0.15, 0.2) is 0 Å². The van der Waals surface area contributed by atoms with Crippen LogP contribution in [0.3, 0.4) is 0 Å². The van der Waals surface area contributed by atoms with Crippen LogP contribution in [0.2, 0.25) is 0 Å². The number of nitrogens with one attached hydrogen (secondary N) is 1. The largest absolute Gasteiger partial charge is 0.381 e. The average molecular weight is 333 g/mol. The van der Waals surface area contributed by atoms with E-state index in [1.807, 2.05) is 11.4 Å². The number of rotatable bonds is 4. The summed E-state index contributed by atoms with van der Waals surface area (Å²) >= 11 is 5.08. The molecule has 2 heterocycles. The molecule has 1 saturated heterocycles. The van der Waals surface area contributed by atoms with Gasteiger partial charge in [0.2, 0.25) is 5.91 Å². The number of halogens is 1. The maximum Gasteiger partial charge on any atom is 0.227 e. The molecule has 1 aliphatic rings. The maximum absolute atomic E-state index is 12.3. The van der Waals surface area contributed by atoms with Crippen molar-refractivity contribution in [1.82, 2.24) is 5.32 Å². The molecule has 1 fully saturated rings. The highest BCUT2D eigenvalue weighted by Gasteiger charge is 2.38. The Morgan fingerprint density at radius 1 is 1.56 bits per heavy atom. The van der Waals surface area contributed by atoms with Crippen molar-refractivity contribution in [2.75, 3.05) is 19.8 Å². The molecule has 0 atom stereocenters. The third kappa shape index (κ3) is 2.93. The molecule has 3 N–H and O–H groups in total. The smallest absolute Gasteiger partial charge is 0.227 e. The van der Waals surface area contributed by atoms with Crippen LogP contribution in [0.25, 0.3) is 0 Å². The van der Waals surface area contributed by atoms with E-state index in [4.69, 9.17) is 10.5 Å². The van der Waals surface area contributed by atoms with E-state index in [1.54, 1.807) is 11.3 Å². The quantitative estimate of drug-likeness (QED) is 0.884. The third-order valence-corrected chi connectivity index (χ3v) is 5.35. The second-order valence-electron chi connectivity index (χ2n) is 4.47. The zero-order chi connectivity index (χ0) is 13.0. The molecule has 0 bridgehead atoms. The van der Waals surface area contributed by atoms with E-state index in [2.05, 4.69) is 21.2 Å². The zero-order valence-corrected chi connectivity index (χ0v) is 12.5. The lowest BCUT2D eigenvalue weighted by atomic mass is 9.79. The second-order valence-corrected chi connectivity index (χ2v) is 6.33. The first kappa shape index (κ1) is 14.0. The predicted molar refractivity (Wildman–Crippen MR) is 75.4 cm³/mol. The lowest BCUT2D eigenvalue weighted by Gasteiger charge is -2.34. The van der Waals surface area contributed by atoms with Crippen molar-refractivity contribution in [3.8, 4) is 0 Å². The lowest BCUT2D eigenvalue weighted by molar-refractivity contribution is -0.136. The van der Waals surface area contributed by atoms with Crippen LogP contribution in [-0.2, 0) is 16.1 Å². The van der Waals surface area contributed by atoms with E-state index in [9.17, 15) is 4.79 Å². The highest BCUT2D eigenvalue weighted by atomic mass is 79.9. The molecule has 0 radical (unpaired) electrons. The Kier molecular flexibility index (Phi) is 4.77. The average Bonchev–Trinajstić information content (AvgIpc) is 2.82. The summed E-state index contributed by atoms with van der Waals surface area (Å²) in [6.07, 6.45) is 1.42. The van der Waals surface area contributed by atoms with Crippen LogP contribution in [0.5, 0.6) is 0 Å². The van der Waals surface area contributed by atoms with Crippen LogP contribution in [0, 0.1) is 5.41 Å². The minimum absolute atomic E-state index is 0.0496. The molecule has 6 heteroatoms. The molecule has 100 valence electrons. The molecule has 0 saturated carbocycles. The van der Waals surface area contributed by atoms with Gasteiger partial charge in [-0.2, -0.15) is 0 Å². The summed E-state index contributed by atoms with van der Waals surface area (Å²) in [5, 5.41) is 4.99. The van der Waals surface area contributed by atoms with Gasteiger partial charge in [-0.25, -0.2) is 0 Å². The van der Waals surface area contributed by atoms with Gasteiger partial charge in [-0.15, -0.1) is 11.3 Å². The number of carbonyl (C=O) groups is 1. The Morgan fingerprint density at radius 3 is 2.83 bits per heavy atom. The monoisotopic (exact) mass is 332 g/mol. The van der Waals surface area contributed by atoms with Gasteiger partial charge in [0.1, 0.15) is 0 Å². The van der Waals surface area contributed by atoms with Gasteiger partial charge in [-0.1, -0.05) is 0 Å². The molecular weight excluding hydrogens is 316 g/mol. The Labute approximate surface area is 119 Å². The summed E-state index contributed by atoms with van der Waals surface area (Å²) in [4.78, 5) is 13.4. The van der Waals surface area contributed by atoms with Gasteiger partial charge in [0, 0.05) is 29.1 Å². The van der Waals surface area contributed by atoms with E-state index in [-0.39, 0.29) is 5.91 Å². The van der Waals surface area contributed by atoms with Crippen molar-refractivity contribution in [2.45, 2.75) is 19.4 Å². The molecule has 1 aromatic heterocycles. The van der Waals surface area contributed by atoms with Crippen molar-refractivity contribution < 1.29 is 9.53 Å². The van der Waals surface area contributed by atoms with Gasteiger partial charge in [-0.3, -0.25) is 4.79 Å². The van der Waals surface area contributed by atoms with E-state index in [0.717, 1.165) is 9.35 Å². The highest BCUT2D eigenvalue weighted by Crippen LogP contribution is 2.30. The Balaban J connectivity index is 1.96. The third-order valence-electron chi connectivity index (χ3n) is 3.42. The number of amides is 1. The van der Waals surface area contributed by atoms with E-state index in [1.165, 1.54) is 0 Å². The molecule has 0 unspecified atom stereocenters. The van der Waals surface area contributed by atoms with Gasteiger partial charge >= 0.3 is 0 Å². The molecule has 1 aromatic rings. The van der Waals surface area contributed by atoms with Crippen LogP contribution in [0.15, 0.2) is 15.9 Å². The predicted octanol–water partition coefficient (Wildman–Crippen LogP) is 1.88. The van der Waals surface area contributed by atoms with Crippen molar-refractivity contribution in [1.29, 1.82) is 0 Å². The highest BCUT2D eigenvalue weighted by molar-refractivity contribution is 9.10. The number of carbonyl (C=O) groups excluding carboxylic acids is 1. The fraction of sp³-hybridized carbons (Fsp3) is 0.583. The first-order valence-electron chi connectivity index (χ1n) is 5.96. The second kappa shape index (κ2) is 6.14. The Morgan fingerprint density at radius 2 is 2.28 bits per heavy atom. The maximum atomic E-state index is 12.3. The molecular formula is C12H17BrN2O2S. The molecule has 18 heavy (non-hydrogen) atoms. The summed E-state index contributed by atoms with van der Waals surface area (Å²) in [7, 11) is 0. The number of hydrogen-bond acceptors (Lipinski definition) is 4. The molecule has 1 amide bonds. The Hall–Kier alpha value is -0.430. The zero-order valence-electron chi connectivity index (χ0n) is 10.1. The number of nitrogens with two attached hydrogens (primary N) is 1. The number of thiophene rings is 1. The van der Waals surface area contributed by atoms with E-state index >= 15 is 0 Å². The lowest BCUT2D eigenvalue weighted by Crippen LogP contribution is -2.48. The van der Waals surface area contributed by atoms with Gasteiger partial charge < -0.3 is 15.8 Å². The minimum Gasteiger partial charge on any atom is -0.381 e. The fourth-order valence-corrected chi connectivity index (χ4v) is 3.52. The molecule has 0 aliphatic carbocycles. The molecule has 4 nitrogen and oxygen atoms in total. The van der Waals surface area contributed by atoms with Crippen LogP contribution in [-0.4, -0.2) is 25.7 Å². The molecule has 0 aromatic carbocycles. The first-order chi connectivity index (χ1) is 8.68. The molecule has 2 rings (SSSR count). The SMILES string of the molecule is NCC1(C(=O)NCc2sccc2Br)CCOCC1. The van der Waals surface area contributed by atoms with Gasteiger partial charge in [0.05, 0.1) is 12.0 Å². The standard InChI is InChI=1S/C12H17BrN2O2S/c13-9-1-6-18-10(9)7-15-11(16)12(8-14)2-4-17-5-3-12/h1,6H,2-5,7-8,14H2,(H,15,16). The number of hydrogen-bond donors (Lipinski definition) is 2. The van der Waals surface area contributed by atoms with Gasteiger partial charge in [-0.05, 0) is 40.2 Å². The van der Waals surface area contributed by atoms with Crippen molar-refractivity contribution in [3.05, 3.63) is 20.8 Å². The normalized spacial score (nSPS) is 18.6. The van der Waals surface area contributed by atoms with Crippen molar-refractivity contribution in [2.24, 2.45) is 11.1 Å². The summed E-state index contributed by atoms with van der Waals surface area (Å²) < 4.78 is 6.35. The number of ether oxygens (including phenoxy) is 1. The topological polar surface area (TPSA) is 64.4 Å². The van der Waals surface area contributed by atoms with Crippen molar-refractivity contribution in [3.63, 3.8) is 0 Å². The van der Waals surface area contributed by atoms with Crippen LogP contribution in [0.1, 0.15) is 17.7 Å². The minimum atomic E-state index is -0.442.